The average molecular weight is 171 g/mol. The van der Waals surface area contributed by atoms with Gasteiger partial charge in [0.1, 0.15) is 0 Å². The lowest BCUT2D eigenvalue weighted by atomic mass is 10.0. The Balaban J connectivity index is 2.69. The van der Waals surface area contributed by atoms with Crippen molar-refractivity contribution in [2.75, 3.05) is 0 Å². The van der Waals surface area contributed by atoms with Crippen molar-refractivity contribution >= 4 is 11.0 Å². The van der Waals surface area contributed by atoms with E-state index < -0.39 is 0 Å². The zero-order valence-electron chi connectivity index (χ0n) is 7.28. The number of H-pyrrole nitrogens is 1. The van der Waals surface area contributed by atoms with Crippen LogP contribution in [0.2, 0.25) is 0 Å². The van der Waals surface area contributed by atoms with E-state index in [1.807, 2.05) is 25.1 Å². The van der Waals surface area contributed by atoms with Gasteiger partial charge < -0.3 is 4.98 Å². The van der Waals surface area contributed by atoms with Crippen LogP contribution in [-0.4, -0.2) is 9.97 Å². The number of aromatic nitrogens is 2. The molecule has 1 aromatic carbocycles. The van der Waals surface area contributed by atoms with Gasteiger partial charge in [-0.05, 0) is 18.6 Å². The van der Waals surface area contributed by atoms with Crippen molar-refractivity contribution in [3.63, 3.8) is 0 Å². The van der Waals surface area contributed by atoms with Gasteiger partial charge >= 0.3 is 0 Å². The lowest BCUT2D eigenvalue weighted by Gasteiger charge is -2.02. The number of aromatic amines is 1. The van der Waals surface area contributed by atoms with E-state index in [4.69, 9.17) is 5.26 Å². The maximum atomic E-state index is 8.80. The van der Waals surface area contributed by atoms with Gasteiger partial charge in [-0.15, -0.1) is 0 Å². The van der Waals surface area contributed by atoms with Gasteiger partial charge in [-0.3, -0.25) is 0 Å². The first-order valence-electron chi connectivity index (χ1n) is 4.14. The molecule has 0 aliphatic carbocycles. The molecule has 1 aromatic heterocycles. The van der Waals surface area contributed by atoms with Crippen molar-refractivity contribution in [2.45, 2.75) is 12.8 Å². The van der Waals surface area contributed by atoms with Crippen molar-refractivity contribution in [1.29, 1.82) is 5.26 Å². The van der Waals surface area contributed by atoms with Crippen molar-refractivity contribution in [2.24, 2.45) is 0 Å². The quantitative estimate of drug-likeness (QED) is 0.715. The second-order valence-corrected chi connectivity index (χ2v) is 3.00. The first kappa shape index (κ1) is 7.81. The molecule has 2 rings (SSSR count). The molecule has 0 radical (unpaired) electrons. The monoisotopic (exact) mass is 171 g/mol. The summed E-state index contributed by atoms with van der Waals surface area (Å²) in [7, 11) is 0. The van der Waals surface area contributed by atoms with E-state index in [9.17, 15) is 0 Å². The number of nitriles is 1. The molecule has 1 unspecified atom stereocenters. The zero-order chi connectivity index (χ0) is 9.26. The highest BCUT2D eigenvalue weighted by molar-refractivity contribution is 5.79. The minimum atomic E-state index is -0.105. The second-order valence-electron chi connectivity index (χ2n) is 3.00. The molecule has 64 valence electrons. The Kier molecular flexibility index (Phi) is 1.75. The van der Waals surface area contributed by atoms with Crippen LogP contribution in [0.5, 0.6) is 0 Å². The molecule has 0 fully saturated rings. The summed E-state index contributed by atoms with van der Waals surface area (Å²) in [6.07, 6.45) is 1.65. The Labute approximate surface area is 76.0 Å². The van der Waals surface area contributed by atoms with Crippen molar-refractivity contribution in [3.8, 4) is 6.07 Å². The predicted molar refractivity (Wildman–Crippen MR) is 50.1 cm³/mol. The third kappa shape index (κ3) is 1.17. The summed E-state index contributed by atoms with van der Waals surface area (Å²) in [6, 6.07) is 8.04. The van der Waals surface area contributed by atoms with Gasteiger partial charge in [0.15, 0.2) is 0 Å². The Morgan fingerprint density at radius 1 is 1.54 bits per heavy atom. The van der Waals surface area contributed by atoms with E-state index in [0.717, 1.165) is 16.6 Å². The van der Waals surface area contributed by atoms with Crippen LogP contribution in [-0.2, 0) is 0 Å². The molecule has 0 saturated heterocycles. The van der Waals surface area contributed by atoms with Gasteiger partial charge in [-0.25, -0.2) is 4.98 Å². The molecule has 2 aromatic rings. The van der Waals surface area contributed by atoms with Crippen LogP contribution in [0.25, 0.3) is 11.0 Å². The van der Waals surface area contributed by atoms with Gasteiger partial charge in [0.05, 0.1) is 29.3 Å². The second kappa shape index (κ2) is 2.91. The summed E-state index contributed by atoms with van der Waals surface area (Å²) in [5.41, 5.74) is 2.87. The number of imidazole rings is 1. The summed E-state index contributed by atoms with van der Waals surface area (Å²) < 4.78 is 0. The van der Waals surface area contributed by atoms with Gasteiger partial charge in [0.2, 0.25) is 0 Å². The molecule has 0 spiro atoms. The topological polar surface area (TPSA) is 52.5 Å². The van der Waals surface area contributed by atoms with Crippen LogP contribution in [0.1, 0.15) is 18.4 Å². The smallest absolute Gasteiger partial charge is 0.0932 e. The summed E-state index contributed by atoms with van der Waals surface area (Å²) in [5.74, 6) is -0.105. The van der Waals surface area contributed by atoms with Crippen LogP contribution >= 0.6 is 0 Å². The molecular weight excluding hydrogens is 162 g/mol. The van der Waals surface area contributed by atoms with E-state index in [0.29, 0.717) is 0 Å². The highest BCUT2D eigenvalue weighted by atomic mass is 14.9. The molecular formula is C10H9N3. The van der Waals surface area contributed by atoms with Gasteiger partial charge in [0.25, 0.3) is 0 Å². The maximum Gasteiger partial charge on any atom is 0.0932 e. The summed E-state index contributed by atoms with van der Waals surface area (Å²) >= 11 is 0. The Morgan fingerprint density at radius 2 is 2.38 bits per heavy atom. The minimum Gasteiger partial charge on any atom is -0.345 e. The number of hydrogen-bond donors (Lipinski definition) is 1. The molecule has 1 heterocycles. The van der Waals surface area contributed by atoms with E-state index in [2.05, 4.69) is 16.0 Å². The van der Waals surface area contributed by atoms with E-state index in [1.165, 1.54) is 0 Å². The number of nitrogens with zero attached hydrogens (tertiary/aromatic N) is 2. The fourth-order valence-corrected chi connectivity index (χ4v) is 1.41. The normalized spacial score (nSPS) is 12.6. The van der Waals surface area contributed by atoms with Gasteiger partial charge in [-0.1, -0.05) is 12.1 Å². The van der Waals surface area contributed by atoms with Gasteiger partial charge in [0, 0.05) is 0 Å². The summed E-state index contributed by atoms with van der Waals surface area (Å²) in [5, 5.41) is 8.80. The number of para-hydroxylation sites is 1. The average Bonchev–Trinajstić information content (AvgIpc) is 2.63. The largest absolute Gasteiger partial charge is 0.345 e. The first-order valence-corrected chi connectivity index (χ1v) is 4.14. The molecule has 0 amide bonds. The Bertz CT molecular complexity index is 464. The van der Waals surface area contributed by atoms with Crippen LogP contribution < -0.4 is 0 Å². The SMILES string of the molecule is CC(C#N)c1cccc2[nH]cnc12. The van der Waals surface area contributed by atoms with E-state index >= 15 is 0 Å². The molecule has 3 heteroatoms. The summed E-state index contributed by atoms with van der Waals surface area (Å²) in [6.45, 7) is 1.88. The third-order valence-corrected chi connectivity index (χ3v) is 2.14. The molecule has 13 heavy (non-hydrogen) atoms. The highest BCUT2D eigenvalue weighted by Crippen LogP contribution is 2.21. The lowest BCUT2D eigenvalue weighted by Crippen LogP contribution is -1.90. The van der Waals surface area contributed by atoms with Crippen LogP contribution in [0.3, 0.4) is 0 Å². The molecule has 0 aliphatic rings. The first-order chi connectivity index (χ1) is 6.33. The van der Waals surface area contributed by atoms with Gasteiger partial charge in [-0.2, -0.15) is 5.26 Å². The van der Waals surface area contributed by atoms with Crippen molar-refractivity contribution in [1.82, 2.24) is 9.97 Å². The van der Waals surface area contributed by atoms with E-state index in [-0.39, 0.29) is 5.92 Å². The van der Waals surface area contributed by atoms with E-state index in [1.54, 1.807) is 6.33 Å². The molecule has 0 aliphatic heterocycles. The third-order valence-electron chi connectivity index (χ3n) is 2.14. The number of rotatable bonds is 1. The number of fused-ring (bicyclic) bond motifs is 1. The number of benzene rings is 1. The number of hydrogen-bond acceptors (Lipinski definition) is 2. The maximum absolute atomic E-state index is 8.80. The van der Waals surface area contributed by atoms with Crippen LogP contribution in [0, 0.1) is 11.3 Å². The standard InChI is InChI=1S/C10H9N3/c1-7(5-11)8-3-2-4-9-10(8)13-6-12-9/h2-4,6-7H,1H3,(H,12,13). The molecule has 0 bridgehead atoms. The fourth-order valence-electron chi connectivity index (χ4n) is 1.41. The fraction of sp³-hybridized carbons (Fsp3) is 0.200. The van der Waals surface area contributed by atoms with Crippen molar-refractivity contribution < 1.29 is 0 Å². The lowest BCUT2D eigenvalue weighted by molar-refractivity contribution is 0.990. The molecule has 3 nitrogen and oxygen atoms in total. The van der Waals surface area contributed by atoms with Crippen LogP contribution in [0.15, 0.2) is 24.5 Å². The van der Waals surface area contributed by atoms with Crippen LogP contribution in [0.4, 0.5) is 0 Å². The van der Waals surface area contributed by atoms with Crippen molar-refractivity contribution in [3.05, 3.63) is 30.1 Å². The zero-order valence-corrected chi connectivity index (χ0v) is 7.28. The Hall–Kier alpha value is -1.82. The molecule has 1 atom stereocenters. The number of nitrogens with one attached hydrogen (secondary N) is 1. The molecule has 0 saturated carbocycles. The minimum absolute atomic E-state index is 0.105. The predicted octanol–water partition coefficient (Wildman–Crippen LogP) is 2.19. The Morgan fingerprint density at radius 3 is 3.15 bits per heavy atom. The molecule has 1 N–H and O–H groups in total. The highest BCUT2D eigenvalue weighted by Gasteiger charge is 2.09. The summed E-state index contributed by atoms with van der Waals surface area (Å²) in [4.78, 5) is 7.20.